The number of rotatable bonds is 8. The first-order valence-electron chi connectivity index (χ1n) is 11.7. The molecule has 0 aromatic carbocycles. The van der Waals surface area contributed by atoms with Crippen LogP contribution in [-0.2, 0) is 18.3 Å². The number of nitriles is 1. The average Bonchev–Trinajstić information content (AvgIpc) is 3.65. The highest BCUT2D eigenvalue weighted by Crippen LogP contribution is 2.49. The van der Waals surface area contributed by atoms with Crippen molar-refractivity contribution in [2.45, 2.75) is 56.5 Å². The lowest BCUT2D eigenvalue weighted by Gasteiger charge is -2.34. The van der Waals surface area contributed by atoms with Crippen molar-refractivity contribution in [3.8, 4) is 6.07 Å². The predicted octanol–water partition coefficient (Wildman–Crippen LogP) is 2.72. The van der Waals surface area contributed by atoms with Crippen molar-refractivity contribution in [1.29, 1.82) is 5.26 Å². The molecule has 1 fully saturated rings. The van der Waals surface area contributed by atoms with Gasteiger partial charge in [0, 0.05) is 34.6 Å². The molecule has 2 unspecified atom stereocenters. The number of nitrogens with zero attached hydrogens (tertiary/aromatic N) is 5. The number of amides is 1. The van der Waals surface area contributed by atoms with Crippen LogP contribution in [-0.4, -0.2) is 56.6 Å². The third-order valence-corrected chi connectivity index (χ3v) is 9.29. The Morgan fingerprint density at radius 1 is 1.46 bits per heavy atom. The van der Waals surface area contributed by atoms with E-state index in [2.05, 4.69) is 61.9 Å². The van der Waals surface area contributed by atoms with Crippen LogP contribution in [0.4, 0.5) is 0 Å². The molecule has 0 spiro atoms. The molecule has 1 amide bonds. The number of aromatic nitrogens is 4. The molecule has 4 heterocycles. The zero-order chi connectivity index (χ0) is 24.6. The number of thiophene rings is 2. The number of nitrogens with two attached hydrogens (primary N) is 1. The number of nitrogens with one attached hydrogen (secondary N) is 2. The maximum Gasteiger partial charge on any atom is 0.258 e. The topological polar surface area (TPSA) is 137 Å². The normalized spacial score (nSPS) is 22.2. The van der Waals surface area contributed by atoms with Gasteiger partial charge in [0.2, 0.25) is 0 Å². The lowest BCUT2D eigenvalue weighted by molar-refractivity contribution is 0.100. The van der Waals surface area contributed by atoms with Gasteiger partial charge in [0.05, 0.1) is 16.4 Å². The predicted molar refractivity (Wildman–Crippen MR) is 135 cm³/mol. The van der Waals surface area contributed by atoms with Gasteiger partial charge in [-0.05, 0) is 67.7 Å². The van der Waals surface area contributed by atoms with Crippen LogP contribution in [0.25, 0.3) is 0 Å². The summed E-state index contributed by atoms with van der Waals surface area (Å²) in [5.41, 5.74) is 8.14. The van der Waals surface area contributed by atoms with E-state index in [0.717, 1.165) is 53.9 Å². The summed E-state index contributed by atoms with van der Waals surface area (Å²) in [7, 11) is 0. The van der Waals surface area contributed by atoms with Gasteiger partial charge in [0.1, 0.15) is 6.04 Å². The number of likely N-dealkylation sites (tertiary alicyclic amines) is 1. The van der Waals surface area contributed by atoms with Crippen LogP contribution in [0.1, 0.15) is 62.6 Å². The molecule has 9 nitrogen and oxygen atoms in total. The number of tetrazole rings is 1. The lowest BCUT2D eigenvalue weighted by Crippen LogP contribution is -2.41. The monoisotopic (exact) mass is 508 g/mol. The molecule has 182 valence electrons. The molecule has 1 aliphatic heterocycles. The van der Waals surface area contributed by atoms with Gasteiger partial charge in [-0.1, -0.05) is 11.8 Å². The second-order valence-electron chi connectivity index (χ2n) is 9.24. The number of hydrogen-bond acceptors (Lipinski definition) is 9. The Morgan fingerprint density at radius 3 is 3.03 bits per heavy atom. The van der Waals surface area contributed by atoms with Gasteiger partial charge >= 0.3 is 0 Å². The Bertz CT molecular complexity index is 1270. The van der Waals surface area contributed by atoms with E-state index in [9.17, 15) is 10.1 Å². The van der Waals surface area contributed by atoms with E-state index in [-0.39, 0.29) is 12.1 Å². The Balaban J connectivity index is 1.50. The van der Waals surface area contributed by atoms with Crippen molar-refractivity contribution in [3.63, 3.8) is 0 Å². The minimum Gasteiger partial charge on any atom is -0.365 e. The summed E-state index contributed by atoms with van der Waals surface area (Å²) in [6.45, 7) is 7.84. The second-order valence-corrected chi connectivity index (χ2v) is 11.4. The molecule has 0 radical (unpaired) electrons. The number of carbonyl (C=O) groups is 1. The smallest absolute Gasteiger partial charge is 0.258 e. The number of fused-ring (bicyclic) bond motifs is 2. The summed E-state index contributed by atoms with van der Waals surface area (Å²) in [5, 5.41) is 30.7. The second kappa shape index (κ2) is 9.53. The van der Waals surface area contributed by atoms with Crippen LogP contribution in [0.15, 0.2) is 29.8 Å². The Labute approximate surface area is 212 Å². The van der Waals surface area contributed by atoms with Crippen molar-refractivity contribution in [2.75, 3.05) is 13.1 Å². The largest absolute Gasteiger partial charge is 0.365 e. The Kier molecular flexibility index (Phi) is 6.44. The summed E-state index contributed by atoms with van der Waals surface area (Å²) >= 11 is 3.21. The molecule has 5 rings (SSSR count). The van der Waals surface area contributed by atoms with Gasteiger partial charge in [0.25, 0.3) is 5.91 Å². The van der Waals surface area contributed by atoms with Crippen LogP contribution >= 0.6 is 22.7 Å². The first-order chi connectivity index (χ1) is 16.9. The zero-order valence-corrected chi connectivity index (χ0v) is 21.2. The van der Waals surface area contributed by atoms with Crippen LogP contribution in [0.3, 0.4) is 0 Å². The SMILES string of the molecule is C=C(CN[C@@H](C)CC1(c2nn[nH]n2)c2ccsc2CCc2sc(C(N)=O)cc21)N1CCCC1C#N. The molecule has 1 aliphatic carbocycles. The molecule has 0 saturated carbocycles. The minimum atomic E-state index is -0.672. The zero-order valence-electron chi connectivity index (χ0n) is 19.6. The van der Waals surface area contributed by atoms with E-state index in [1.807, 2.05) is 6.07 Å². The van der Waals surface area contributed by atoms with Crippen molar-refractivity contribution in [3.05, 3.63) is 61.4 Å². The molecule has 11 heteroatoms. The number of aromatic amines is 1. The molecule has 1 saturated heterocycles. The van der Waals surface area contributed by atoms with Gasteiger partial charge in [0.15, 0.2) is 5.82 Å². The average molecular weight is 509 g/mol. The lowest BCUT2D eigenvalue weighted by atomic mass is 9.70. The fourth-order valence-electron chi connectivity index (χ4n) is 5.48. The quantitative estimate of drug-likeness (QED) is 0.425. The first-order valence-corrected chi connectivity index (χ1v) is 13.4. The summed E-state index contributed by atoms with van der Waals surface area (Å²) in [6, 6.07) is 6.42. The van der Waals surface area contributed by atoms with Gasteiger partial charge < -0.3 is 16.0 Å². The summed E-state index contributed by atoms with van der Waals surface area (Å²) in [5.74, 6) is 0.168. The van der Waals surface area contributed by atoms with E-state index >= 15 is 0 Å². The maximum atomic E-state index is 12.1. The van der Waals surface area contributed by atoms with E-state index in [1.165, 1.54) is 16.2 Å². The molecule has 4 N–H and O–H groups in total. The minimum absolute atomic E-state index is 0.0454. The number of carbonyl (C=O) groups excluding carboxylic acids is 1. The standard InChI is InChI=1S/C24H28N8OS2/c1-14(27-13-15(2)32-8-3-4-16(32)12-25)11-24(23-28-30-31-29-23)17-7-9-34-19(17)5-6-20-18(24)10-21(35-20)22(26)33/h7,9-10,14,16,27H,2-6,8,11,13H2,1H3,(H2,26,33)(H,28,29,30,31)/t14-,16?,24?/m0/s1. The number of primary amides is 1. The van der Waals surface area contributed by atoms with Crippen LogP contribution in [0.5, 0.6) is 0 Å². The Morgan fingerprint density at radius 2 is 2.29 bits per heavy atom. The van der Waals surface area contributed by atoms with Crippen molar-refractivity contribution >= 4 is 28.6 Å². The van der Waals surface area contributed by atoms with Gasteiger partial charge in [-0.3, -0.25) is 4.79 Å². The van der Waals surface area contributed by atoms with E-state index in [4.69, 9.17) is 5.73 Å². The highest BCUT2D eigenvalue weighted by molar-refractivity contribution is 7.14. The molecule has 3 aromatic heterocycles. The molecular weight excluding hydrogens is 480 g/mol. The molecule has 2 aliphatic rings. The van der Waals surface area contributed by atoms with Gasteiger partial charge in [-0.25, -0.2) is 0 Å². The molecule has 35 heavy (non-hydrogen) atoms. The number of hydrogen-bond donors (Lipinski definition) is 3. The summed E-state index contributed by atoms with van der Waals surface area (Å²) in [4.78, 5) is 17.2. The van der Waals surface area contributed by atoms with Gasteiger partial charge in [-0.2, -0.15) is 10.5 Å². The van der Waals surface area contributed by atoms with Crippen LogP contribution in [0.2, 0.25) is 0 Å². The van der Waals surface area contributed by atoms with E-state index in [1.54, 1.807) is 11.3 Å². The van der Waals surface area contributed by atoms with Crippen molar-refractivity contribution in [2.24, 2.45) is 5.73 Å². The molecule has 3 aromatic rings. The fraction of sp³-hybridized carbons (Fsp3) is 0.458. The number of H-pyrrole nitrogens is 1. The van der Waals surface area contributed by atoms with Crippen molar-refractivity contribution < 1.29 is 4.79 Å². The third-order valence-electron chi connectivity index (χ3n) is 7.10. The van der Waals surface area contributed by atoms with E-state index < -0.39 is 11.3 Å². The van der Waals surface area contributed by atoms with Crippen LogP contribution in [0, 0.1) is 11.3 Å². The third kappa shape index (κ3) is 4.16. The molecule has 3 atom stereocenters. The number of aryl methyl sites for hydroxylation is 2. The van der Waals surface area contributed by atoms with Gasteiger partial charge in [-0.15, -0.1) is 32.9 Å². The van der Waals surface area contributed by atoms with Crippen molar-refractivity contribution in [1.82, 2.24) is 30.8 Å². The Hall–Kier alpha value is -3.07. The molecular formula is C24H28N8OS2. The summed E-state index contributed by atoms with van der Waals surface area (Å²) < 4.78 is 0. The van der Waals surface area contributed by atoms with E-state index in [0.29, 0.717) is 23.7 Å². The van der Waals surface area contributed by atoms with Crippen LogP contribution < -0.4 is 11.1 Å². The highest BCUT2D eigenvalue weighted by Gasteiger charge is 2.47. The fourth-order valence-corrected chi connectivity index (χ4v) is 7.53. The maximum absolute atomic E-state index is 12.1. The molecule has 0 bridgehead atoms. The first kappa shape index (κ1) is 23.7. The highest BCUT2D eigenvalue weighted by atomic mass is 32.1. The summed E-state index contributed by atoms with van der Waals surface area (Å²) in [6.07, 6.45) is 4.28.